The van der Waals surface area contributed by atoms with E-state index in [4.69, 9.17) is 5.10 Å². The molecule has 2 aromatic heterocycles. The molecule has 7 nitrogen and oxygen atoms in total. The third-order valence-electron chi connectivity index (χ3n) is 5.45. The summed E-state index contributed by atoms with van der Waals surface area (Å²) in [5.74, 6) is 2.02. The molecule has 28 heavy (non-hydrogen) atoms. The van der Waals surface area contributed by atoms with E-state index in [0.29, 0.717) is 11.8 Å². The first kappa shape index (κ1) is 20.6. The summed E-state index contributed by atoms with van der Waals surface area (Å²) in [5.41, 5.74) is 2.01. The molecule has 3 heterocycles. The number of piperidine rings is 1. The quantitative estimate of drug-likeness (QED) is 0.751. The molecule has 1 aliphatic heterocycles. The number of unbranched alkanes of at least 4 members (excludes halogenated alkanes) is 1. The molecule has 1 N–H and O–H groups in total. The summed E-state index contributed by atoms with van der Waals surface area (Å²) in [7, 11) is 0. The van der Waals surface area contributed by atoms with Gasteiger partial charge in [0.25, 0.3) is 0 Å². The summed E-state index contributed by atoms with van der Waals surface area (Å²) >= 11 is 0. The molecular weight excluding hydrogens is 352 g/mol. The number of fused-ring (bicyclic) bond motifs is 1. The number of anilines is 1. The highest BCUT2D eigenvalue weighted by molar-refractivity contribution is 5.89. The van der Waals surface area contributed by atoms with E-state index in [9.17, 15) is 4.79 Å². The molecule has 1 unspecified atom stereocenters. The second kappa shape index (κ2) is 9.34. The Labute approximate surface area is 167 Å². The number of nitrogens with one attached hydrogen (secondary N) is 1. The molecule has 0 aromatic carbocycles. The SMILES string of the molecule is CCCCn1nc(CC(C)C)c2c(NCC3CCCN(C(C)=O)C3)ncnc21. The van der Waals surface area contributed by atoms with Crippen molar-refractivity contribution >= 4 is 22.8 Å². The van der Waals surface area contributed by atoms with Crippen molar-refractivity contribution in [1.29, 1.82) is 0 Å². The van der Waals surface area contributed by atoms with Crippen LogP contribution < -0.4 is 5.32 Å². The molecule has 0 bridgehead atoms. The highest BCUT2D eigenvalue weighted by Crippen LogP contribution is 2.27. The molecule has 7 heteroatoms. The van der Waals surface area contributed by atoms with Gasteiger partial charge in [0.15, 0.2) is 5.65 Å². The summed E-state index contributed by atoms with van der Waals surface area (Å²) < 4.78 is 2.04. The van der Waals surface area contributed by atoms with Gasteiger partial charge in [0.05, 0.1) is 11.1 Å². The number of likely N-dealkylation sites (tertiary alicyclic amines) is 1. The maximum atomic E-state index is 11.7. The van der Waals surface area contributed by atoms with Crippen LogP contribution in [0, 0.1) is 11.8 Å². The van der Waals surface area contributed by atoms with Crippen LogP contribution in [0.3, 0.4) is 0 Å². The molecule has 1 atom stereocenters. The molecule has 1 aliphatic rings. The molecule has 154 valence electrons. The van der Waals surface area contributed by atoms with Gasteiger partial charge in [-0.3, -0.25) is 4.79 Å². The molecule has 1 fully saturated rings. The molecule has 1 saturated heterocycles. The molecule has 0 saturated carbocycles. The predicted octanol–water partition coefficient (Wildman–Crippen LogP) is 3.50. The second-order valence-corrected chi connectivity index (χ2v) is 8.40. The standard InChI is InChI=1S/C21H34N6O/c1-5-6-10-27-21-19(18(25-27)11-15(2)3)20(23-14-24-21)22-12-17-8-7-9-26(13-17)16(4)28/h14-15,17H,5-13H2,1-4H3,(H,22,23,24). The zero-order chi connectivity index (χ0) is 20.1. The van der Waals surface area contributed by atoms with E-state index in [1.807, 2.05) is 9.58 Å². The van der Waals surface area contributed by atoms with Gasteiger partial charge in [0.1, 0.15) is 12.1 Å². The minimum Gasteiger partial charge on any atom is -0.369 e. The Kier molecular flexibility index (Phi) is 6.86. The van der Waals surface area contributed by atoms with Gasteiger partial charge in [0.2, 0.25) is 5.91 Å². The summed E-state index contributed by atoms with van der Waals surface area (Å²) in [4.78, 5) is 22.8. The van der Waals surface area contributed by atoms with Crippen LogP contribution in [0.25, 0.3) is 11.0 Å². The number of hydrogen-bond acceptors (Lipinski definition) is 5. The van der Waals surface area contributed by atoms with Gasteiger partial charge in [0, 0.05) is 33.1 Å². The van der Waals surface area contributed by atoms with Crippen molar-refractivity contribution in [2.75, 3.05) is 25.0 Å². The van der Waals surface area contributed by atoms with E-state index >= 15 is 0 Å². The zero-order valence-electron chi connectivity index (χ0n) is 17.7. The lowest BCUT2D eigenvalue weighted by molar-refractivity contribution is -0.130. The number of carbonyl (C=O) groups excluding carboxylic acids is 1. The molecular formula is C21H34N6O. The van der Waals surface area contributed by atoms with Gasteiger partial charge >= 0.3 is 0 Å². The van der Waals surface area contributed by atoms with E-state index in [0.717, 1.165) is 80.8 Å². The number of rotatable bonds is 8. The highest BCUT2D eigenvalue weighted by atomic mass is 16.2. The van der Waals surface area contributed by atoms with Crippen molar-refractivity contribution in [3.8, 4) is 0 Å². The van der Waals surface area contributed by atoms with Crippen LogP contribution in [-0.4, -0.2) is 50.2 Å². The monoisotopic (exact) mass is 386 g/mol. The smallest absolute Gasteiger partial charge is 0.219 e. The van der Waals surface area contributed by atoms with Gasteiger partial charge < -0.3 is 10.2 Å². The Morgan fingerprint density at radius 1 is 1.36 bits per heavy atom. The third kappa shape index (κ3) is 4.80. The van der Waals surface area contributed by atoms with Gasteiger partial charge in [-0.2, -0.15) is 5.10 Å². The summed E-state index contributed by atoms with van der Waals surface area (Å²) in [5, 5.41) is 9.50. The van der Waals surface area contributed by atoms with Crippen LogP contribution in [-0.2, 0) is 17.8 Å². The number of carbonyl (C=O) groups is 1. The highest BCUT2D eigenvalue weighted by Gasteiger charge is 2.23. The number of aryl methyl sites for hydroxylation is 1. The minimum absolute atomic E-state index is 0.172. The zero-order valence-corrected chi connectivity index (χ0v) is 17.7. The normalized spacial score (nSPS) is 17.5. The largest absolute Gasteiger partial charge is 0.369 e. The van der Waals surface area contributed by atoms with Crippen LogP contribution in [0.15, 0.2) is 6.33 Å². The van der Waals surface area contributed by atoms with E-state index in [2.05, 4.69) is 36.1 Å². The van der Waals surface area contributed by atoms with E-state index < -0.39 is 0 Å². The van der Waals surface area contributed by atoms with Crippen molar-refractivity contribution in [2.45, 2.75) is 66.3 Å². The average molecular weight is 387 g/mol. The van der Waals surface area contributed by atoms with Gasteiger partial charge in [-0.15, -0.1) is 0 Å². The van der Waals surface area contributed by atoms with Crippen LogP contribution >= 0.6 is 0 Å². The van der Waals surface area contributed by atoms with Crippen molar-refractivity contribution in [3.63, 3.8) is 0 Å². The average Bonchev–Trinajstić information content (AvgIpc) is 3.02. The summed E-state index contributed by atoms with van der Waals surface area (Å²) in [6.45, 7) is 11.7. The van der Waals surface area contributed by atoms with Crippen LogP contribution in [0.4, 0.5) is 5.82 Å². The Hall–Kier alpha value is -2.18. The predicted molar refractivity (Wildman–Crippen MR) is 112 cm³/mol. The molecule has 3 rings (SSSR count). The van der Waals surface area contributed by atoms with Gasteiger partial charge in [-0.25, -0.2) is 14.6 Å². The summed E-state index contributed by atoms with van der Waals surface area (Å²) in [6.07, 6.45) is 6.98. The Bertz CT molecular complexity index is 800. The van der Waals surface area contributed by atoms with E-state index in [1.54, 1.807) is 13.3 Å². The third-order valence-corrected chi connectivity index (χ3v) is 5.45. The van der Waals surface area contributed by atoms with Gasteiger partial charge in [-0.05, 0) is 37.5 Å². The first-order chi connectivity index (χ1) is 13.5. The molecule has 1 amide bonds. The Morgan fingerprint density at radius 2 is 2.18 bits per heavy atom. The lowest BCUT2D eigenvalue weighted by Gasteiger charge is -2.32. The first-order valence-corrected chi connectivity index (χ1v) is 10.7. The molecule has 2 aromatic rings. The molecule has 0 aliphatic carbocycles. The fraction of sp³-hybridized carbons (Fsp3) is 0.714. The molecule has 0 radical (unpaired) electrons. The fourth-order valence-corrected chi connectivity index (χ4v) is 3.97. The van der Waals surface area contributed by atoms with E-state index in [-0.39, 0.29) is 5.91 Å². The number of aromatic nitrogens is 4. The molecule has 0 spiro atoms. The van der Waals surface area contributed by atoms with Crippen LogP contribution in [0.2, 0.25) is 0 Å². The lowest BCUT2D eigenvalue weighted by Crippen LogP contribution is -2.40. The lowest BCUT2D eigenvalue weighted by atomic mass is 9.98. The number of hydrogen-bond donors (Lipinski definition) is 1. The number of nitrogens with zero attached hydrogens (tertiary/aromatic N) is 5. The fourth-order valence-electron chi connectivity index (χ4n) is 3.97. The first-order valence-electron chi connectivity index (χ1n) is 10.7. The Morgan fingerprint density at radius 3 is 2.89 bits per heavy atom. The maximum Gasteiger partial charge on any atom is 0.219 e. The Balaban J connectivity index is 1.82. The van der Waals surface area contributed by atoms with Crippen LogP contribution in [0.1, 0.15) is 59.1 Å². The van der Waals surface area contributed by atoms with Gasteiger partial charge in [-0.1, -0.05) is 27.2 Å². The van der Waals surface area contributed by atoms with Crippen molar-refractivity contribution in [3.05, 3.63) is 12.0 Å². The van der Waals surface area contributed by atoms with E-state index in [1.165, 1.54) is 0 Å². The minimum atomic E-state index is 0.172. The maximum absolute atomic E-state index is 11.7. The summed E-state index contributed by atoms with van der Waals surface area (Å²) in [6, 6.07) is 0. The van der Waals surface area contributed by atoms with Crippen molar-refractivity contribution < 1.29 is 4.79 Å². The van der Waals surface area contributed by atoms with Crippen LogP contribution in [0.5, 0.6) is 0 Å². The second-order valence-electron chi connectivity index (χ2n) is 8.40. The van der Waals surface area contributed by atoms with Crippen molar-refractivity contribution in [2.24, 2.45) is 11.8 Å². The van der Waals surface area contributed by atoms with Crippen molar-refractivity contribution in [1.82, 2.24) is 24.6 Å². The number of amides is 1. The topological polar surface area (TPSA) is 75.9 Å².